The number of Topliss-reactive ketones (excluding diaryl/α,β-unsaturated/α-hetero) is 1. The standard InChI is InChI=1S/C12H10F2N2O/c1-16-11(5-6-15-16)12(17)7-8-9(13)3-2-4-10(8)14/h2-6H,7H2,1H3. The van der Waals surface area contributed by atoms with Crippen LogP contribution in [0.5, 0.6) is 0 Å². The number of hydrogen-bond donors (Lipinski definition) is 0. The highest BCUT2D eigenvalue weighted by atomic mass is 19.1. The number of benzene rings is 1. The Bertz CT molecular complexity index is 543. The number of carbonyl (C=O) groups is 1. The van der Waals surface area contributed by atoms with Gasteiger partial charge in [-0.15, -0.1) is 0 Å². The number of rotatable bonds is 3. The minimum absolute atomic E-state index is 0.210. The van der Waals surface area contributed by atoms with Crippen molar-refractivity contribution in [1.82, 2.24) is 9.78 Å². The van der Waals surface area contributed by atoms with Crippen LogP contribution < -0.4 is 0 Å². The molecule has 0 aliphatic heterocycles. The molecule has 3 nitrogen and oxygen atoms in total. The molecule has 17 heavy (non-hydrogen) atoms. The fourth-order valence-corrected chi connectivity index (χ4v) is 1.60. The highest BCUT2D eigenvalue weighted by molar-refractivity contribution is 5.95. The number of ketones is 1. The lowest BCUT2D eigenvalue weighted by Crippen LogP contribution is -2.11. The number of carbonyl (C=O) groups excluding carboxylic acids is 1. The lowest BCUT2D eigenvalue weighted by atomic mass is 10.1. The van der Waals surface area contributed by atoms with E-state index in [1.165, 1.54) is 23.0 Å². The lowest BCUT2D eigenvalue weighted by molar-refractivity contribution is 0.0981. The third-order valence-electron chi connectivity index (χ3n) is 2.51. The highest BCUT2D eigenvalue weighted by Crippen LogP contribution is 2.14. The number of aryl methyl sites for hydroxylation is 1. The van der Waals surface area contributed by atoms with Gasteiger partial charge in [0.25, 0.3) is 0 Å². The van der Waals surface area contributed by atoms with E-state index in [1.54, 1.807) is 7.05 Å². The molecule has 0 aliphatic rings. The normalized spacial score (nSPS) is 10.5. The van der Waals surface area contributed by atoms with E-state index in [9.17, 15) is 13.6 Å². The Labute approximate surface area is 96.7 Å². The number of nitrogens with zero attached hydrogens (tertiary/aromatic N) is 2. The largest absolute Gasteiger partial charge is 0.292 e. The zero-order chi connectivity index (χ0) is 12.4. The molecule has 0 saturated carbocycles. The topological polar surface area (TPSA) is 34.9 Å². The Balaban J connectivity index is 2.28. The lowest BCUT2D eigenvalue weighted by Gasteiger charge is -2.04. The molecule has 0 fully saturated rings. The third-order valence-corrected chi connectivity index (χ3v) is 2.51. The minimum Gasteiger partial charge on any atom is -0.292 e. The predicted molar refractivity (Wildman–Crippen MR) is 57.6 cm³/mol. The van der Waals surface area contributed by atoms with Crippen molar-refractivity contribution in [1.29, 1.82) is 0 Å². The van der Waals surface area contributed by atoms with E-state index in [4.69, 9.17) is 0 Å². The molecule has 1 heterocycles. The number of hydrogen-bond acceptors (Lipinski definition) is 2. The van der Waals surface area contributed by atoms with E-state index in [0.29, 0.717) is 5.69 Å². The molecule has 0 unspecified atom stereocenters. The quantitative estimate of drug-likeness (QED) is 0.765. The zero-order valence-corrected chi connectivity index (χ0v) is 9.15. The van der Waals surface area contributed by atoms with Crippen LogP contribution in [0.25, 0.3) is 0 Å². The molecule has 0 spiro atoms. The van der Waals surface area contributed by atoms with Crippen LogP contribution in [0.4, 0.5) is 8.78 Å². The summed E-state index contributed by atoms with van der Waals surface area (Å²) in [6.07, 6.45) is 1.16. The summed E-state index contributed by atoms with van der Waals surface area (Å²) in [6.45, 7) is 0. The van der Waals surface area contributed by atoms with Crippen LogP contribution in [-0.4, -0.2) is 15.6 Å². The Kier molecular flexibility index (Phi) is 2.99. The summed E-state index contributed by atoms with van der Waals surface area (Å²) in [4.78, 5) is 11.8. The van der Waals surface area contributed by atoms with Gasteiger partial charge >= 0.3 is 0 Å². The molecule has 0 bridgehead atoms. The maximum Gasteiger partial charge on any atom is 0.185 e. The predicted octanol–water partition coefficient (Wildman–Crippen LogP) is 2.12. The second kappa shape index (κ2) is 4.45. The summed E-state index contributed by atoms with van der Waals surface area (Å²) in [5.74, 6) is -1.78. The molecule has 2 aromatic rings. The summed E-state index contributed by atoms with van der Waals surface area (Å²) in [5, 5.41) is 3.83. The highest BCUT2D eigenvalue weighted by Gasteiger charge is 2.16. The molecule has 1 aromatic heterocycles. The molecule has 0 N–H and O–H groups in total. The van der Waals surface area contributed by atoms with Gasteiger partial charge in [-0.25, -0.2) is 8.78 Å². The van der Waals surface area contributed by atoms with Gasteiger partial charge < -0.3 is 0 Å². The molecule has 5 heteroatoms. The summed E-state index contributed by atoms with van der Waals surface area (Å²) < 4.78 is 28.1. The van der Waals surface area contributed by atoms with Crippen LogP contribution in [0, 0.1) is 11.6 Å². The summed E-state index contributed by atoms with van der Waals surface area (Å²) in [5.41, 5.74) is 0.117. The molecular weight excluding hydrogens is 226 g/mol. The van der Waals surface area contributed by atoms with Gasteiger partial charge in [0.15, 0.2) is 5.78 Å². The Morgan fingerprint density at radius 2 is 1.94 bits per heavy atom. The van der Waals surface area contributed by atoms with E-state index < -0.39 is 11.6 Å². The van der Waals surface area contributed by atoms with Crippen molar-refractivity contribution >= 4 is 5.78 Å². The third kappa shape index (κ3) is 2.22. The maximum atomic E-state index is 13.3. The molecule has 0 amide bonds. The fourth-order valence-electron chi connectivity index (χ4n) is 1.60. The summed E-state index contributed by atoms with van der Waals surface area (Å²) >= 11 is 0. The average molecular weight is 236 g/mol. The van der Waals surface area contributed by atoms with E-state index in [-0.39, 0.29) is 17.8 Å². The average Bonchev–Trinajstić information content (AvgIpc) is 2.70. The van der Waals surface area contributed by atoms with Gasteiger partial charge in [0.1, 0.15) is 17.3 Å². The Hall–Kier alpha value is -2.04. The Morgan fingerprint density at radius 3 is 2.47 bits per heavy atom. The SMILES string of the molecule is Cn1nccc1C(=O)Cc1c(F)cccc1F. The van der Waals surface area contributed by atoms with E-state index in [1.807, 2.05) is 0 Å². The van der Waals surface area contributed by atoms with Gasteiger partial charge in [-0.1, -0.05) is 6.07 Å². The van der Waals surface area contributed by atoms with Crippen LogP contribution in [-0.2, 0) is 13.5 Å². The van der Waals surface area contributed by atoms with E-state index in [2.05, 4.69) is 5.10 Å². The van der Waals surface area contributed by atoms with Crippen molar-refractivity contribution in [2.24, 2.45) is 7.05 Å². The van der Waals surface area contributed by atoms with Crippen molar-refractivity contribution < 1.29 is 13.6 Å². The fraction of sp³-hybridized carbons (Fsp3) is 0.167. The summed E-state index contributed by atoms with van der Waals surface area (Å²) in [6, 6.07) is 5.05. The molecule has 0 atom stereocenters. The van der Waals surface area contributed by atoms with Crippen molar-refractivity contribution in [3.05, 3.63) is 53.4 Å². The van der Waals surface area contributed by atoms with Gasteiger partial charge in [-0.3, -0.25) is 9.48 Å². The molecular formula is C12H10F2N2O. The minimum atomic E-state index is -0.708. The first-order chi connectivity index (χ1) is 8.09. The van der Waals surface area contributed by atoms with Crippen LogP contribution in [0.15, 0.2) is 30.5 Å². The van der Waals surface area contributed by atoms with Crippen molar-refractivity contribution in [2.75, 3.05) is 0 Å². The molecule has 88 valence electrons. The number of aromatic nitrogens is 2. The monoisotopic (exact) mass is 236 g/mol. The van der Waals surface area contributed by atoms with Gasteiger partial charge in [0.05, 0.1) is 0 Å². The molecule has 1 aromatic carbocycles. The van der Waals surface area contributed by atoms with Crippen molar-refractivity contribution in [2.45, 2.75) is 6.42 Å². The van der Waals surface area contributed by atoms with Crippen LogP contribution in [0.2, 0.25) is 0 Å². The second-order valence-corrected chi connectivity index (χ2v) is 3.64. The maximum absolute atomic E-state index is 13.3. The van der Waals surface area contributed by atoms with Gasteiger partial charge in [0.2, 0.25) is 0 Å². The van der Waals surface area contributed by atoms with E-state index >= 15 is 0 Å². The first-order valence-electron chi connectivity index (χ1n) is 5.03. The van der Waals surface area contributed by atoms with Gasteiger partial charge in [-0.05, 0) is 18.2 Å². The first kappa shape index (κ1) is 11.4. The van der Waals surface area contributed by atoms with Gasteiger partial charge in [0, 0.05) is 25.2 Å². The number of halogens is 2. The zero-order valence-electron chi connectivity index (χ0n) is 9.15. The smallest absolute Gasteiger partial charge is 0.185 e. The van der Waals surface area contributed by atoms with E-state index in [0.717, 1.165) is 12.1 Å². The Morgan fingerprint density at radius 1 is 1.29 bits per heavy atom. The van der Waals surface area contributed by atoms with Crippen molar-refractivity contribution in [3.8, 4) is 0 Å². The second-order valence-electron chi connectivity index (χ2n) is 3.64. The summed E-state index contributed by atoms with van der Waals surface area (Å²) in [7, 11) is 1.60. The van der Waals surface area contributed by atoms with Crippen LogP contribution in [0.3, 0.4) is 0 Å². The molecule has 2 rings (SSSR count). The molecule has 0 aliphatic carbocycles. The van der Waals surface area contributed by atoms with Gasteiger partial charge in [-0.2, -0.15) is 5.10 Å². The van der Waals surface area contributed by atoms with Crippen LogP contribution >= 0.6 is 0 Å². The molecule has 0 saturated heterocycles. The molecule has 0 radical (unpaired) electrons. The first-order valence-corrected chi connectivity index (χ1v) is 5.03. The van der Waals surface area contributed by atoms with Crippen molar-refractivity contribution in [3.63, 3.8) is 0 Å². The van der Waals surface area contributed by atoms with Crippen LogP contribution in [0.1, 0.15) is 16.1 Å².